The van der Waals surface area contributed by atoms with Crippen LogP contribution in [-0.4, -0.2) is 42.9 Å². The van der Waals surface area contributed by atoms with Crippen LogP contribution in [0.1, 0.15) is 29.7 Å². The monoisotopic (exact) mass is 396 g/mol. The van der Waals surface area contributed by atoms with Crippen LogP contribution in [0.2, 0.25) is 0 Å². The Labute approximate surface area is 171 Å². The molecule has 2 rings (SSSR count). The molecule has 0 heterocycles. The highest BCUT2D eigenvalue weighted by Gasteiger charge is 2.28. The highest BCUT2D eigenvalue weighted by molar-refractivity contribution is 5.98. The number of imide groups is 1. The van der Waals surface area contributed by atoms with Gasteiger partial charge < -0.3 is 10.6 Å². The first kappa shape index (κ1) is 22.1. The number of aryl methyl sites for hydroxylation is 2. The molecule has 0 bridgehead atoms. The number of rotatable bonds is 7. The molecule has 7 nitrogen and oxygen atoms in total. The summed E-state index contributed by atoms with van der Waals surface area (Å²) in [5.41, 5.74) is 3.40. The van der Waals surface area contributed by atoms with Gasteiger partial charge in [0.25, 0.3) is 0 Å². The van der Waals surface area contributed by atoms with Crippen LogP contribution < -0.4 is 16.0 Å². The van der Waals surface area contributed by atoms with E-state index in [-0.39, 0.29) is 12.5 Å². The van der Waals surface area contributed by atoms with Crippen molar-refractivity contribution in [3.8, 4) is 0 Å². The Morgan fingerprint density at radius 3 is 2.17 bits per heavy atom. The number of nitrogens with one attached hydrogen (secondary N) is 3. The van der Waals surface area contributed by atoms with E-state index in [0.717, 1.165) is 16.8 Å². The van der Waals surface area contributed by atoms with Gasteiger partial charge in [0.1, 0.15) is 6.04 Å². The molecule has 2 aromatic carbocycles. The molecule has 0 saturated heterocycles. The molecule has 2 aromatic rings. The third-order valence-electron chi connectivity index (χ3n) is 4.52. The van der Waals surface area contributed by atoms with Crippen LogP contribution in [0.3, 0.4) is 0 Å². The average Bonchev–Trinajstić information content (AvgIpc) is 2.66. The summed E-state index contributed by atoms with van der Waals surface area (Å²) >= 11 is 0. The normalized spacial score (nSPS) is 11.6. The van der Waals surface area contributed by atoms with Crippen LogP contribution >= 0.6 is 0 Å². The third-order valence-corrected chi connectivity index (χ3v) is 4.52. The standard InChI is InChI=1S/C22H28N4O3/c1-5-23-22(29)25-21(28)20(17-12-7-6-8-13-17)26(4)14-18(27)24-19-15(2)10-9-11-16(19)3/h6-13,20H,5,14H2,1-4H3,(H,24,27)(H2,23,25,28,29). The number of para-hydroxylation sites is 1. The van der Waals surface area contributed by atoms with Crippen LogP contribution in [0.5, 0.6) is 0 Å². The van der Waals surface area contributed by atoms with E-state index in [2.05, 4.69) is 16.0 Å². The van der Waals surface area contributed by atoms with E-state index in [1.165, 1.54) is 0 Å². The number of benzene rings is 2. The Balaban J connectivity index is 2.16. The van der Waals surface area contributed by atoms with E-state index < -0.39 is 18.0 Å². The Bertz CT molecular complexity index is 847. The van der Waals surface area contributed by atoms with Gasteiger partial charge in [-0.1, -0.05) is 48.5 Å². The zero-order valence-corrected chi connectivity index (χ0v) is 17.3. The second kappa shape index (κ2) is 10.4. The molecule has 3 N–H and O–H groups in total. The van der Waals surface area contributed by atoms with Gasteiger partial charge in [-0.2, -0.15) is 0 Å². The molecule has 0 radical (unpaired) electrons. The highest BCUT2D eigenvalue weighted by atomic mass is 16.2. The van der Waals surface area contributed by atoms with Crippen LogP contribution in [0.25, 0.3) is 0 Å². The number of anilines is 1. The molecule has 0 fully saturated rings. The fourth-order valence-electron chi connectivity index (χ4n) is 3.13. The van der Waals surface area contributed by atoms with Crippen molar-refractivity contribution in [2.24, 2.45) is 0 Å². The van der Waals surface area contributed by atoms with Crippen molar-refractivity contribution in [1.82, 2.24) is 15.5 Å². The number of hydrogen-bond acceptors (Lipinski definition) is 4. The first-order valence-corrected chi connectivity index (χ1v) is 9.53. The SMILES string of the molecule is CCNC(=O)NC(=O)C(c1ccccc1)N(C)CC(=O)Nc1c(C)cccc1C. The predicted octanol–water partition coefficient (Wildman–Crippen LogP) is 2.76. The molecule has 1 atom stereocenters. The van der Waals surface area contributed by atoms with Gasteiger partial charge in [-0.3, -0.25) is 19.8 Å². The molecule has 0 spiro atoms. The minimum absolute atomic E-state index is 0.0177. The second-order valence-corrected chi connectivity index (χ2v) is 6.89. The van der Waals surface area contributed by atoms with Crippen molar-refractivity contribution < 1.29 is 14.4 Å². The minimum atomic E-state index is -0.789. The van der Waals surface area contributed by atoms with Crippen molar-refractivity contribution in [3.05, 3.63) is 65.2 Å². The molecule has 0 aliphatic heterocycles. The number of likely N-dealkylation sites (N-methyl/N-ethyl adjacent to an activating group) is 1. The highest BCUT2D eigenvalue weighted by Crippen LogP contribution is 2.21. The molecule has 0 aliphatic carbocycles. The van der Waals surface area contributed by atoms with Crippen molar-refractivity contribution in [2.75, 3.05) is 25.5 Å². The predicted molar refractivity (Wildman–Crippen MR) is 114 cm³/mol. The Morgan fingerprint density at radius 2 is 1.59 bits per heavy atom. The van der Waals surface area contributed by atoms with Gasteiger partial charge in [0.2, 0.25) is 11.8 Å². The number of carbonyl (C=O) groups excluding carboxylic acids is 3. The quantitative estimate of drug-likeness (QED) is 0.671. The van der Waals surface area contributed by atoms with Gasteiger partial charge in [0.15, 0.2) is 0 Å². The third kappa shape index (κ3) is 6.15. The maximum Gasteiger partial charge on any atom is 0.321 e. The maximum absolute atomic E-state index is 12.8. The van der Waals surface area contributed by atoms with E-state index in [0.29, 0.717) is 12.1 Å². The average molecular weight is 396 g/mol. The first-order valence-electron chi connectivity index (χ1n) is 9.53. The number of urea groups is 1. The van der Waals surface area contributed by atoms with Crippen molar-refractivity contribution in [2.45, 2.75) is 26.8 Å². The van der Waals surface area contributed by atoms with Crippen LogP contribution in [0.4, 0.5) is 10.5 Å². The van der Waals surface area contributed by atoms with Gasteiger partial charge in [0.05, 0.1) is 6.54 Å². The zero-order chi connectivity index (χ0) is 21.4. The van der Waals surface area contributed by atoms with Crippen LogP contribution in [0.15, 0.2) is 48.5 Å². The van der Waals surface area contributed by atoms with E-state index in [1.807, 2.05) is 50.2 Å². The summed E-state index contributed by atoms with van der Waals surface area (Å²) in [6.45, 7) is 6.01. The molecule has 154 valence electrons. The lowest BCUT2D eigenvalue weighted by Gasteiger charge is -2.27. The summed E-state index contributed by atoms with van der Waals surface area (Å²) in [5, 5.41) is 7.80. The summed E-state index contributed by atoms with van der Waals surface area (Å²) in [6.07, 6.45) is 0. The lowest BCUT2D eigenvalue weighted by atomic mass is 10.0. The van der Waals surface area contributed by atoms with E-state index in [4.69, 9.17) is 0 Å². The van der Waals surface area contributed by atoms with Crippen molar-refractivity contribution >= 4 is 23.5 Å². The fraction of sp³-hybridized carbons (Fsp3) is 0.318. The maximum atomic E-state index is 12.8. The lowest BCUT2D eigenvalue weighted by Crippen LogP contribution is -2.46. The van der Waals surface area contributed by atoms with E-state index in [1.54, 1.807) is 31.0 Å². The summed E-state index contributed by atoms with van der Waals surface area (Å²) in [6, 6.07) is 13.5. The summed E-state index contributed by atoms with van der Waals surface area (Å²) < 4.78 is 0. The summed E-state index contributed by atoms with van der Waals surface area (Å²) in [5.74, 6) is -0.735. The molecular weight excluding hydrogens is 368 g/mol. The largest absolute Gasteiger partial charge is 0.338 e. The Morgan fingerprint density at radius 1 is 0.966 bits per heavy atom. The molecule has 7 heteroatoms. The van der Waals surface area contributed by atoms with Crippen molar-refractivity contribution in [1.29, 1.82) is 0 Å². The Kier molecular flexibility index (Phi) is 7.91. The zero-order valence-electron chi connectivity index (χ0n) is 17.3. The molecule has 1 unspecified atom stereocenters. The van der Waals surface area contributed by atoms with Crippen molar-refractivity contribution in [3.63, 3.8) is 0 Å². The van der Waals surface area contributed by atoms with Crippen LogP contribution in [0, 0.1) is 13.8 Å². The van der Waals surface area contributed by atoms with Gasteiger partial charge in [-0.25, -0.2) is 4.79 Å². The van der Waals surface area contributed by atoms with Gasteiger partial charge in [-0.15, -0.1) is 0 Å². The van der Waals surface area contributed by atoms with E-state index >= 15 is 0 Å². The second-order valence-electron chi connectivity index (χ2n) is 6.89. The number of hydrogen-bond donors (Lipinski definition) is 3. The molecule has 0 aliphatic rings. The van der Waals surface area contributed by atoms with Crippen LogP contribution in [-0.2, 0) is 9.59 Å². The number of nitrogens with zero attached hydrogens (tertiary/aromatic N) is 1. The molecular formula is C22H28N4O3. The Hall–Kier alpha value is -3.19. The number of amides is 4. The molecule has 0 aromatic heterocycles. The minimum Gasteiger partial charge on any atom is -0.338 e. The van der Waals surface area contributed by atoms with Gasteiger partial charge in [-0.05, 0) is 44.5 Å². The first-order chi connectivity index (χ1) is 13.8. The summed E-state index contributed by atoms with van der Waals surface area (Å²) in [4.78, 5) is 38.8. The fourth-order valence-corrected chi connectivity index (χ4v) is 3.13. The lowest BCUT2D eigenvalue weighted by molar-refractivity contribution is -0.126. The topological polar surface area (TPSA) is 90.5 Å². The smallest absolute Gasteiger partial charge is 0.321 e. The molecule has 0 saturated carbocycles. The molecule has 4 amide bonds. The molecule has 29 heavy (non-hydrogen) atoms. The van der Waals surface area contributed by atoms with Gasteiger partial charge >= 0.3 is 6.03 Å². The van der Waals surface area contributed by atoms with Gasteiger partial charge in [0, 0.05) is 12.2 Å². The number of carbonyl (C=O) groups is 3. The van der Waals surface area contributed by atoms with E-state index in [9.17, 15) is 14.4 Å². The summed E-state index contributed by atoms with van der Waals surface area (Å²) in [7, 11) is 1.68.